The third kappa shape index (κ3) is 4.38. The monoisotopic (exact) mass is 447 g/mol. The summed E-state index contributed by atoms with van der Waals surface area (Å²) in [7, 11) is 1.49. The molecule has 3 N–H and O–H groups in total. The summed E-state index contributed by atoms with van der Waals surface area (Å²) in [5.41, 5.74) is 0.715. The van der Waals surface area contributed by atoms with E-state index in [4.69, 9.17) is 4.74 Å². The van der Waals surface area contributed by atoms with Gasteiger partial charge in [0, 0.05) is 24.2 Å². The Labute approximate surface area is 188 Å². The van der Waals surface area contributed by atoms with Crippen LogP contribution in [0.5, 0.6) is 5.75 Å². The Morgan fingerprint density at radius 2 is 2.21 bits per heavy atom. The van der Waals surface area contributed by atoms with Crippen LogP contribution in [-0.4, -0.2) is 59.8 Å². The molecule has 11 nitrogen and oxygen atoms in total. The second-order valence-electron chi connectivity index (χ2n) is 7.67. The Bertz CT molecular complexity index is 1370. The Morgan fingerprint density at radius 3 is 2.94 bits per heavy atom. The highest BCUT2D eigenvalue weighted by Crippen LogP contribution is 2.35. The lowest BCUT2D eigenvalue weighted by molar-refractivity contribution is -0.0144. The van der Waals surface area contributed by atoms with Gasteiger partial charge >= 0.3 is 0 Å². The molecule has 4 aromatic rings. The lowest BCUT2D eigenvalue weighted by Gasteiger charge is -2.19. The summed E-state index contributed by atoms with van der Waals surface area (Å²) in [5, 5.41) is 40.5. The van der Waals surface area contributed by atoms with Crippen LogP contribution in [-0.2, 0) is 6.54 Å². The van der Waals surface area contributed by atoms with Crippen LogP contribution >= 0.6 is 0 Å². The van der Waals surface area contributed by atoms with Crippen molar-refractivity contribution in [3.8, 4) is 23.1 Å². The Kier molecular flexibility index (Phi) is 5.78. The van der Waals surface area contributed by atoms with E-state index < -0.39 is 18.1 Å². The van der Waals surface area contributed by atoms with Crippen molar-refractivity contribution >= 4 is 17.2 Å². The Balaban J connectivity index is 1.79. The van der Waals surface area contributed by atoms with Crippen LogP contribution in [0.3, 0.4) is 0 Å². The molecule has 0 fully saturated rings. The fraction of sp³-hybridized carbons (Fsp3) is 0.227. The number of hydrogen-bond acceptors (Lipinski definition) is 8. The number of aliphatic hydroxyl groups is 2. The maximum atomic E-state index is 13.1. The summed E-state index contributed by atoms with van der Waals surface area (Å²) in [6, 6.07) is 8.62. The molecular weight excluding hydrogens is 426 g/mol. The lowest BCUT2D eigenvalue weighted by Crippen LogP contribution is -2.34. The Morgan fingerprint density at radius 1 is 1.39 bits per heavy atom. The van der Waals surface area contributed by atoms with Gasteiger partial charge in [0.1, 0.15) is 22.6 Å². The highest BCUT2D eigenvalue weighted by atomic mass is 16.5. The van der Waals surface area contributed by atoms with Crippen LogP contribution in [0.2, 0.25) is 0 Å². The van der Waals surface area contributed by atoms with Crippen LogP contribution in [0.1, 0.15) is 22.8 Å². The van der Waals surface area contributed by atoms with Crippen molar-refractivity contribution in [2.45, 2.75) is 19.1 Å². The number of ether oxygens (including phenoxy) is 1. The number of anilines is 1. The normalized spacial score (nSPS) is 12.8. The predicted molar refractivity (Wildman–Crippen MR) is 118 cm³/mol. The second-order valence-corrected chi connectivity index (χ2v) is 7.67. The maximum absolute atomic E-state index is 13.1. The zero-order valence-electron chi connectivity index (χ0n) is 17.9. The van der Waals surface area contributed by atoms with E-state index in [1.807, 2.05) is 0 Å². The summed E-state index contributed by atoms with van der Waals surface area (Å²) in [6.45, 7) is 0.949. The minimum Gasteiger partial charge on any atom is -0.496 e. The molecule has 0 aliphatic rings. The van der Waals surface area contributed by atoms with Gasteiger partial charge in [0.05, 0.1) is 43.8 Å². The summed E-state index contributed by atoms with van der Waals surface area (Å²) in [5.74, 6) is -0.0184. The quantitative estimate of drug-likeness (QED) is 0.385. The van der Waals surface area contributed by atoms with Crippen LogP contribution in [0.4, 0.5) is 5.69 Å². The lowest BCUT2D eigenvalue weighted by atomic mass is 10.1. The molecule has 1 amide bonds. The van der Waals surface area contributed by atoms with Gasteiger partial charge in [0.15, 0.2) is 5.65 Å². The average molecular weight is 447 g/mol. The van der Waals surface area contributed by atoms with Gasteiger partial charge in [0.25, 0.3) is 5.91 Å². The third-order valence-electron chi connectivity index (χ3n) is 4.96. The van der Waals surface area contributed by atoms with Crippen molar-refractivity contribution < 1.29 is 19.7 Å². The van der Waals surface area contributed by atoms with Crippen LogP contribution in [0.15, 0.2) is 49.1 Å². The van der Waals surface area contributed by atoms with Gasteiger partial charge in [-0.2, -0.15) is 15.5 Å². The number of aliphatic hydroxyl groups excluding tert-OH is 1. The van der Waals surface area contributed by atoms with Crippen molar-refractivity contribution in [2.24, 2.45) is 0 Å². The molecule has 0 aliphatic carbocycles. The van der Waals surface area contributed by atoms with Gasteiger partial charge in [-0.25, -0.2) is 9.50 Å². The van der Waals surface area contributed by atoms with Gasteiger partial charge in [-0.1, -0.05) is 0 Å². The number of rotatable bonds is 7. The largest absolute Gasteiger partial charge is 0.496 e. The molecule has 4 rings (SSSR count). The van der Waals surface area contributed by atoms with Crippen molar-refractivity contribution in [1.82, 2.24) is 24.4 Å². The molecule has 0 spiro atoms. The molecule has 0 aliphatic heterocycles. The summed E-state index contributed by atoms with van der Waals surface area (Å²) in [4.78, 5) is 17.3. The van der Waals surface area contributed by atoms with Crippen LogP contribution in [0, 0.1) is 11.3 Å². The molecule has 11 heteroatoms. The maximum Gasteiger partial charge on any atom is 0.261 e. The first-order valence-electron chi connectivity index (χ1n) is 9.94. The fourth-order valence-corrected chi connectivity index (χ4v) is 3.33. The first kappa shape index (κ1) is 21.9. The zero-order chi connectivity index (χ0) is 23.6. The zero-order valence-corrected chi connectivity index (χ0v) is 17.9. The van der Waals surface area contributed by atoms with Gasteiger partial charge < -0.3 is 20.3 Å². The van der Waals surface area contributed by atoms with E-state index in [0.717, 1.165) is 0 Å². The van der Waals surface area contributed by atoms with E-state index >= 15 is 0 Å². The van der Waals surface area contributed by atoms with E-state index in [1.165, 1.54) is 35.6 Å². The highest BCUT2D eigenvalue weighted by Gasteiger charge is 2.24. The van der Waals surface area contributed by atoms with E-state index in [2.05, 4.69) is 26.6 Å². The molecular formula is C22H21N7O4. The van der Waals surface area contributed by atoms with Gasteiger partial charge in [0.2, 0.25) is 0 Å². The van der Waals surface area contributed by atoms with Gasteiger partial charge in [-0.15, -0.1) is 0 Å². The third-order valence-corrected chi connectivity index (χ3v) is 4.96. The number of nitriles is 1. The number of methoxy groups -OCH3 is 1. The van der Waals surface area contributed by atoms with E-state index in [1.54, 1.807) is 36.7 Å². The standard InChI is InChI=1S/C22H21N7O4/c1-22(32,13-30)12-28-11-17(19(27-28)15-8-14(9-23)4-5-18(15)33-2)26-21(31)16-10-25-29-7-3-6-24-20(16)29/h3-8,10-11,30,32H,12-13H2,1-2H3,(H,26,31)/t22-/m0/s1. The number of benzene rings is 1. The number of amides is 1. The number of aromatic nitrogens is 5. The number of fused-ring (bicyclic) bond motifs is 1. The molecule has 168 valence electrons. The molecule has 0 radical (unpaired) electrons. The number of carbonyl (C=O) groups is 1. The van der Waals surface area contributed by atoms with Crippen molar-refractivity contribution in [2.75, 3.05) is 19.0 Å². The topological polar surface area (TPSA) is 151 Å². The molecule has 1 aromatic carbocycles. The van der Waals surface area contributed by atoms with Crippen molar-refractivity contribution in [3.05, 3.63) is 60.2 Å². The summed E-state index contributed by atoms with van der Waals surface area (Å²) < 4.78 is 8.33. The van der Waals surface area contributed by atoms with E-state index in [9.17, 15) is 20.3 Å². The number of nitrogens with zero attached hydrogens (tertiary/aromatic N) is 6. The number of nitrogens with one attached hydrogen (secondary N) is 1. The van der Waals surface area contributed by atoms with Gasteiger partial charge in [-0.3, -0.25) is 9.48 Å². The average Bonchev–Trinajstić information content (AvgIpc) is 3.42. The van der Waals surface area contributed by atoms with E-state index in [0.29, 0.717) is 33.9 Å². The predicted octanol–water partition coefficient (Wildman–Crippen LogP) is 1.47. The molecule has 33 heavy (non-hydrogen) atoms. The van der Waals surface area contributed by atoms with Crippen molar-refractivity contribution in [1.29, 1.82) is 5.26 Å². The summed E-state index contributed by atoms with van der Waals surface area (Å²) >= 11 is 0. The van der Waals surface area contributed by atoms with Gasteiger partial charge in [-0.05, 0) is 31.2 Å². The molecule has 0 unspecified atom stereocenters. The molecule has 0 saturated carbocycles. The molecule has 0 bridgehead atoms. The second kappa shape index (κ2) is 8.70. The molecule has 0 saturated heterocycles. The van der Waals surface area contributed by atoms with E-state index in [-0.39, 0.29) is 12.1 Å². The minimum atomic E-state index is -1.44. The highest BCUT2D eigenvalue weighted by molar-refractivity contribution is 6.09. The SMILES string of the molecule is COc1ccc(C#N)cc1-c1nn(C[C@](C)(O)CO)cc1NC(=O)c1cnn2cccnc12. The number of carbonyl (C=O) groups excluding carboxylic acids is 1. The van der Waals surface area contributed by atoms with Crippen LogP contribution < -0.4 is 10.1 Å². The summed E-state index contributed by atoms with van der Waals surface area (Å²) in [6.07, 6.45) is 6.19. The smallest absolute Gasteiger partial charge is 0.261 e. The molecule has 3 heterocycles. The van der Waals surface area contributed by atoms with Crippen molar-refractivity contribution in [3.63, 3.8) is 0 Å². The van der Waals surface area contributed by atoms with Crippen LogP contribution in [0.25, 0.3) is 16.9 Å². The first-order chi connectivity index (χ1) is 15.8. The molecule has 3 aromatic heterocycles. The molecule has 1 atom stereocenters. The minimum absolute atomic E-state index is 0.0368. The first-order valence-corrected chi connectivity index (χ1v) is 9.94. The number of hydrogen-bond donors (Lipinski definition) is 3. The fourth-order valence-electron chi connectivity index (χ4n) is 3.33. The Hall–Kier alpha value is -4.27.